The van der Waals surface area contributed by atoms with E-state index in [1.54, 1.807) is 30.5 Å². The third-order valence-electron chi connectivity index (χ3n) is 3.44. The van der Waals surface area contributed by atoms with E-state index in [0.717, 1.165) is 22.0 Å². The number of aromatic nitrogens is 1. The van der Waals surface area contributed by atoms with E-state index in [-0.39, 0.29) is 6.61 Å². The zero-order chi connectivity index (χ0) is 16.9. The number of para-hydroxylation sites is 1. The van der Waals surface area contributed by atoms with Crippen LogP contribution in [0.3, 0.4) is 0 Å². The molecule has 0 saturated heterocycles. The van der Waals surface area contributed by atoms with Gasteiger partial charge < -0.3 is 4.74 Å². The van der Waals surface area contributed by atoms with Gasteiger partial charge in [0.25, 0.3) is 0 Å². The number of carbonyl (C=O) groups excluding carboxylic acids is 1. The fourth-order valence-corrected chi connectivity index (χ4v) is 2.57. The molecule has 0 radical (unpaired) electrons. The molecule has 0 aliphatic heterocycles. The van der Waals surface area contributed by atoms with Crippen molar-refractivity contribution in [3.8, 4) is 0 Å². The van der Waals surface area contributed by atoms with Crippen LogP contribution in [0.1, 0.15) is 11.1 Å². The van der Waals surface area contributed by atoms with Gasteiger partial charge >= 0.3 is 5.97 Å². The number of ether oxygens (including phenoxy) is 1. The zero-order valence-electron chi connectivity index (χ0n) is 12.6. The minimum absolute atomic E-state index is 0.166. The number of hydrogen-bond donors (Lipinski definition) is 0. The summed E-state index contributed by atoms with van der Waals surface area (Å²) in [5, 5.41) is 1.92. The van der Waals surface area contributed by atoms with Crippen molar-refractivity contribution in [2.24, 2.45) is 0 Å². The predicted molar refractivity (Wildman–Crippen MR) is 97.0 cm³/mol. The Balaban J connectivity index is 1.66. The van der Waals surface area contributed by atoms with Crippen LogP contribution in [0.4, 0.5) is 0 Å². The van der Waals surface area contributed by atoms with Gasteiger partial charge in [-0.05, 0) is 29.8 Å². The lowest BCUT2D eigenvalue weighted by Gasteiger charge is -2.05. The topological polar surface area (TPSA) is 39.2 Å². The van der Waals surface area contributed by atoms with Gasteiger partial charge in [-0.2, -0.15) is 0 Å². The van der Waals surface area contributed by atoms with Gasteiger partial charge in [0.1, 0.15) is 6.61 Å². The van der Waals surface area contributed by atoms with Gasteiger partial charge in [0, 0.05) is 23.2 Å². The molecule has 0 aliphatic carbocycles. The molecule has 0 aliphatic rings. The van der Waals surface area contributed by atoms with Crippen LogP contribution in [-0.4, -0.2) is 11.0 Å². The smallest absolute Gasteiger partial charge is 0.331 e. The van der Waals surface area contributed by atoms with Crippen molar-refractivity contribution in [3.63, 3.8) is 0 Å². The maximum absolute atomic E-state index is 11.9. The number of benzene rings is 2. The summed E-state index contributed by atoms with van der Waals surface area (Å²) in [7, 11) is 0. The third kappa shape index (κ3) is 3.94. The highest BCUT2D eigenvalue weighted by molar-refractivity contribution is 6.42. The molecule has 3 aromatic rings. The Hall–Kier alpha value is -2.36. The first-order chi connectivity index (χ1) is 11.6. The van der Waals surface area contributed by atoms with Crippen LogP contribution in [0.5, 0.6) is 0 Å². The number of pyridine rings is 1. The van der Waals surface area contributed by atoms with Crippen LogP contribution in [0.15, 0.2) is 60.8 Å². The fourth-order valence-electron chi connectivity index (χ4n) is 2.26. The highest BCUT2D eigenvalue weighted by atomic mass is 35.5. The SMILES string of the molecule is O=C(/C=C\c1ccc(Cl)c(Cl)c1)OCc1cccc2cccnc12. The quantitative estimate of drug-likeness (QED) is 0.469. The summed E-state index contributed by atoms with van der Waals surface area (Å²) in [5.41, 5.74) is 2.47. The second-order valence-corrected chi connectivity index (χ2v) is 5.92. The molecule has 3 rings (SSSR count). The van der Waals surface area contributed by atoms with Gasteiger partial charge in [-0.1, -0.05) is 53.5 Å². The molecule has 0 amide bonds. The number of carbonyl (C=O) groups is 1. The number of rotatable bonds is 4. The highest BCUT2D eigenvalue weighted by Crippen LogP contribution is 2.23. The van der Waals surface area contributed by atoms with Gasteiger partial charge in [0.05, 0.1) is 15.6 Å². The van der Waals surface area contributed by atoms with Gasteiger partial charge in [-0.25, -0.2) is 4.79 Å². The molecule has 1 heterocycles. The van der Waals surface area contributed by atoms with Gasteiger partial charge in [-0.3, -0.25) is 4.98 Å². The Bertz CT molecular complexity index is 917. The molecule has 3 nitrogen and oxygen atoms in total. The minimum atomic E-state index is -0.436. The van der Waals surface area contributed by atoms with Crippen molar-refractivity contribution in [2.45, 2.75) is 6.61 Å². The van der Waals surface area contributed by atoms with E-state index in [2.05, 4.69) is 4.98 Å². The van der Waals surface area contributed by atoms with Crippen molar-refractivity contribution in [1.82, 2.24) is 4.98 Å². The summed E-state index contributed by atoms with van der Waals surface area (Å²) in [6, 6.07) is 14.8. The molecule has 1 aromatic heterocycles. The Morgan fingerprint density at radius 3 is 2.75 bits per heavy atom. The summed E-state index contributed by atoms with van der Waals surface area (Å²) in [6.07, 6.45) is 4.71. The first-order valence-corrected chi connectivity index (χ1v) is 8.01. The van der Waals surface area contributed by atoms with Crippen molar-refractivity contribution in [3.05, 3.63) is 82.0 Å². The number of hydrogen-bond acceptors (Lipinski definition) is 3. The lowest BCUT2D eigenvalue weighted by atomic mass is 10.1. The lowest BCUT2D eigenvalue weighted by Crippen LogP contribution is -2.01. The van der Waals surface area contributed by atoms with Crippen molar-refractivity contribution in [1.29, 1.82) is 0 Å². The summed E-state index contributed by atoms with van der Waals surface area (Å²) in [6.45, 7) is 0.166. The fraction of sp³-hybridized carbons (Fsp3) is 0.0526. The molecule has 24 heavy (non-hydrogen) atoms. The molecule has 0 bridgehead atoms. The van der Waals surface area contributed by atoms with Crippen LogP contribution < -0.4 is 0 Å². The van der Waals surface area contributed by atoms with Gasteiger partial charge in [0.15, 0.2) is 0 Å². The second-order valence-electron chi connectivity index (χ2n) is 5.11. The second kappa shape index (κ2) is 7.47. The first kappa shape index (κ1) is 16.5. The standard InChI is InChI=1S/C19H13Cl2NO2/c20-16-8-6-13(11-17(16)21)7-9-18(23)24-12-15-4-1-3-14-5-2-10-22-19(14)15/h1-11H,12H2/b9-7-. The van der Waals surface area contributed by atoms with Crippen LogP contribution in [0, 0.1) is 0 Å². The van der Waals surface area contributed by atoms with E-state index < -0.39 is 5.97 Å². The van der Waals surface area contributed by atoms with E-state index in [9.17, 15) is 4.79 Å². The monoisotopic (exact) mass is 357 g/mol. The Morgan fingerprint density at radius 1 is 1.08 bits per heavy atom. The summed E-state index contributed by atoms with van der Waals surface area (Å²) in [5.74, 6) is -0.436. The maximum Gasteiger partial charge on any atom is 0.331 e. The van der Waals surface area contributed by atoms with E-state index in [4.69, 9.17) is 27.9 Å². The average molecular weight is 358 g/mol. The van der Waals surface area contributed by atoms with Gasteiger partial charge in [0.2, 0.25) is 0 Å². The van der Waals surface area contributed by atoms with Crippen LogP contribution >= 0.6 is 23.2 Å². The normalized spacial score (nSPS) is 11.1. The van der Waals surface area contributed by atoms with Crippen molar-refractivity contribution >= 4 is 46.2 Å². The minimum Gasteiger partial charge on any atom is -0.458 e. The summed E-state index contributed by atoms with van der Waals surface area (Å²) >= 11 is 11.8. The maximum atomic E-state index is 11.9. The molecule has 120 valence electrons. The van der Waals surface area contributed by atoms with Crippen molar-refractivity contribution < 1.29 is 9.53 Å². The molecule has 0 saturated carbocycles. The van der Waals surface area contributed by atoms with Crippen LogP contribution in [0.25, 0.3) is 17.0 Å². The van der Waals surface area contributed by atoms with Crippen LogP contribution in [-0.2, 0) is 16.1 Å². The molecule has 2 aromatic carbocycles. The van der Waals surface area contributed by atoms with E-state index >= 15 is 0 Å². The predicted octanol–water partition coefficient (Wildman–Crippen LogP) is 5.30. The van der Waals surface area contributed by atoms with Crippen molar-refractivity contribution in [2.75, 3.05) is 0 Å². The van der Waals surface area contributed by atoms with E-state index in [1.807, 2.05) is 30.3 Å². The Labute approximate surface area is 149 Å². The first-order valence-electron chi connectivity index (χ1n) is 7.26. The highest BCUT2D eigenvalue weighted by Gasteiger charge is 2.04. The lowest BCUT2D eigenvalue weighted by molar-refractivity contribution is -0.138. The summed E-state index contributed by atoms with van der Waals surface area (Å²) in [4.78, 5) is 16.2. The van der Waals surface area contributed by atoms with Gasteiger partial charge in [-0.15, -0.1) is 0 Å². The average Bonchev–Trinajstić information content (AvgIpc) is 2.61. The Morgan fingerprint density at radius 2 is 1.92 bits per heavy atom. The van der Waals surface area contributed by atoms with E-state index in [1.165, 1.54) is 6.08 Å². The summed E-state index contributed by atoms with van der Waals surface area (Å²) < 4.78 is 5.29. The molecule has 0 N–H and O–H groups in total. The molecule has 0 atom stereocenters. The number of fused-ring (bicyclic) bond motifs is 1. The molecule has 0 spiro atoms. The number of esters is 1. The third-order valence-corrected chi connectivity index (χ3v) is 4.18. The molecular weight excluding hydrogens is 345 g/mol. The number of nitrogens with zero attached hydrogens (tertiary/aromatic N) is 1. The number of halogens is 2. The zero-order valence-corrected chi connectivity index (χ0v) is 14.1. The molecule has 0 fully saturated rings. The molecule has 0 unspecified atom stereocenters. The molecule has 5 heteroatoms. The Kier molecular flexibility index (Phi) is 5.14. The van der Waals surface area contributed by atoms with E-state index in [0.29, 0.717) is 10.0 Å². The largest absolute Gasteiger partial charge is 0.458 e. The van der Waals surface area contributed by atoms with Crippen LogP contribution in [0.2, 0.25) is 10.0 Å². The molecular formula is C19H13Cl2NO2.